The average Bonchev–Trinajstić information content (AvgIpc) is 2.85. The van der Waals surface area contributed by atoms with E-state index in [0.717, 1.165) is 5.56 Å². The van der Waals surface area contributed by atoms with E-state index < -0.39 is 6.61 Å². The van der Waals surface area contributed by atoms with E-state index in [1.807, 2.05) is 12.1 Å². The molecule has 10 heteroatoms. The maximum absolute atomic E-state index is 12.0. The number of ether oxygens (including phenoxy) is 2. The predicted molar refractivity (Wildman–Crippen MR) is 120 cm³/mol. The number of aromatic nitrogens is 2. The molecule has 0 aliphatic carbocycles. The van der Waals surface area contributed by atoms with Gasteiger partial charge in [0.15, 0.2) is 0 Å². The van der Waals surface area contributed by atoms with Crippen LogP contribution in [0.1, 0.15) is 16.7 Å². The maximum Gasteiger partial charge on any atom is 0.345 e. The lowest BCUT2D eigenvalue weighted by Crippen LogP contribution is -2.09. The second-order valence-corrected chi connectivity index (χ2v) is 7.48. The van der Waals surface area contributed by atoms with Gasteiger partial charge in [-0.05, 0) is 29.3 Å². The van der Waals surface area contributed by atoms with E-state index in [1.54, 1.807) is 43.7 Å². The summed E-state index contributed by atoms with van der Waals surface area (Å²) in [7, 11) is 1.66. The first-order valence-electron chi connectivity index (χ1n) is 9.78. The van der Waals surface area contributed by atoms with E-state index in [2.05, 4.69) is 32.2 Å². The first-order valence-corrected chi connectivity index (χ1v) is 10.8. The van der Waals surface area contributed by atoms with E-state index in [4.69, 9.17) is 4.74 Å². The fraction of sp³-hybridized carbons (Fsp3) is 0.217. The SMILES string of the molecule is CNc1nc(SCc2cccnc2)c(C#N)c(-c2ccc(OCCOC(F)F)cc2)c1C#N. The zero-order valence-corrected chi connectivity index (χ0v) is 18.4. The number of halogens is 2. The Bertz CT molecular complexity index is 1160. The summed E-state index contributed by atoms with van der Waals surface area (Å²) in [4.78, 5) is 8.60. The van der Waals surface area contributed by atoms with Gasteiger partial charge in [-0.3, -0.25) is 4.98 Å². The molecule has 0 amide bonds. The van der Waals surface area contributed by atoms with Crippen molar-refractivity contribution < 1.29 is 18.3 Å². The van der Waals surface area contributed by atoms with Gasteiger partial charge in [0.25, 0.3) is 0 Å². The molecule has 0 atom stereocenters. The van der Waals surface area contributed by atoms with Crippen LogP contribution in [0.3, 0.4) is 0 Å². The normalized spacial score (nSPS) is 10.5. The number of nitrogens with zero attached hydrogens (tertiary/aromatic N) is 4. The second-order valence-electron chi connectivity index (χ2n) is 6.52. The van der Waals surface area contributed by atoms with Gasteiger partial charge in [0, 0.05) is 30.8 Å². The van der Waals surface area contributed by atoms with Gasteiger partial charge in [-0.15, -0.1) is 11.8 Å². The molecule has 7 nitrogen and oxygen atoms in total. The second kappa shape index (κ2) is 11.8. The molecule has 1 N–H and O–H groups in total. The quantitative estimate of drug-likeness (QED) is 0.334. The highest BCUT2D eigenvalue weighted by molar-refractivity contribution is 7.98. The van der Waals surface area contributed by atoms with E-state index in [1.165, 1.54) is 11.8 Å². The Morgan fingerprint density at radius 1 is 1.09 bits per heavy atom. The molecule has 1 aromatic carbocycles. The van der Waals surface area contributed by atoms with Gasteiger partial charge in [-0.1, -0.05) is 18.2 Å². The molecule has 0 radical (unpaired) electrons. The predicted octanol–water partition coefficient (Wildman–Crippen LogP) is 4.84. The average molecular weight is 468 g/mol. The van der Waals surface area contributed by atoms with Gasteiger partial charge in [-0.2, -0.15) is 19.3 Å². The molecule has 0 fully saturated rings. The van der Waals surface area contributed by atoms with Crippen molar-refractivity contribution in [3.63, 3.8) is 0 Å². The summed E-state index contributed by atoms with van der Waals surface area (Å²) < 4.78 is 33.6. The number of pyridine rings is 2. The van der Waals surface area contributed by atoms with Crippen LogP contribution in [0.4, 0.5) is 14.6 Å². The summed E-state index contributed by atoms with van der Waals surface area (Å²) in [6.45, 7) is -3.13. The molecule has 0 spiro atoms. The molecule has 2 aromatic heterocycles. The highest BCUT2D eigenvalue weighted by atomic mass is 32.2. The molecule has 0 unspecified atom stereocenters. The number of alkyl halides is 2. The number of thioether (sulfide) groups is 1. The largest absolute Gasteiger partial charge is 0.491 e. The maximum atomic E-state index is 12.0. The minimum atomic E-state index is -2.84. The Kier molecular flexibility index (Phi) is 8.53. The van der Waals surface area contributed by atoms with Crippen molar-refractivity contribution in [2.75, 3.05) is 25.6 Å². The number of nitriles is 2. The number of hydrogen-bond acceptors (Lipinski definition) is 8. The van der Waals surface area contributed by atoms with Crippen LogP contribution in [0.5, 0.6) is 5.75 Å². The Balaban J connectivity index is 1.92. The Morgan fingerprint density at radius 3 is 2.45 bits per heavy atom. The molecule has 33 heavy (non-hydrogen) atoms. The summed E-state index contributed by atoms with van der Waals surface area (Å²) in [6.07, 6.45) is 3.43. The van der Waals surface area contributed by atoms with E-state index in [-0.39, 0.29) is 18.8 Å². The lowest BCUT2D eigenvalue weighted by Gasteiger charge is -2.15. The molecular formula is C23H19F2N5O2S. The van der Waals surface area contributed by atoms with Crippen LogP contribution >= 0.6 is 11.8 Å². The molecule has 3 rings (SSSR count). The third-order valence-corrected chi connectivity index (χ3v) is 5.51. The first kappa shape index (κ1) is 23.9. The number of rotatable bonds is 10. The van der Waals surface area contributed by atoms with Crippen molar-refractivity contribution in [3.8, 4) is 29.0 Å². The van der Waals surface area contributed by atoms with Crippen molar-refractivity contribution in [2.45, 2.75) is 17.4 Å². The minimum Gasteiger partial charge on any atom is -0.491 e. The minimum absolute atomic E-state index is 0.0368. The van der Waals surface area contributed by atoms with E-state index in [9.17, 15) is 19.3 Å². The smallest absolute Gasteiger partial charge is 0.345 e. The lowest BCUT2D eigenvalue weighted by molar-refractivity contribution is -0.133. The molecule has 0 saturated carbocycles. The number of benzene rings is 1. The summed E-state index contributed by atoms with van der Waals surface area (Å²) in [5.41, 5.74) is 2.60. The summed E-state index contributed by atoms with van der Waals surface area (Å²) >= 11 is 1.38. The molecule has 0 saturated heterocycles. The highest BCUT2D eigenvalue weighted by Gasteiger charge is 2.21. The van der Waals surface area contributed by atoms with Crippen LogP contribution in [-0.2, 0) is 10.5 Å². The Hall–Kier alpha value is -3.73. The van der Waals surface area contributed by atoms with E-state index >= 15 is 0 Å². The molecule has 168 valence electrons. The van der Waals surface area contributed by atoms with Crippen molar-refractivity contribution in [1.29, 1.82) is 10.5 Å². The van der Waals surface area contributed by atoms with Crippen LogP contribution in [0, 0.1) is 22.7 Å². The summed E-state index contributed by atoms with van der Waals surface area (Å²) in [6, 6.07) is 14.8. The number of anilines is 1. The zero-order valence-electron chi connectivity index (χ0n) is 17.6. The summed E-state index contributed by atoms with van der Waals surface area (Å²) in [5.74, 6) is 1.37. The highest BCUT2D eigenvalue weighted by Crippen LogP contribution is 2.37. The molecule has 0 aliphatic rings. The van der Waals surface area contributed by atoms with Crippen LogP contribution in [0.15, 0.2) is 53.8 Å². The summed E-state index contributed by atoms with van der Waals surface area (Å²) in [5, 5.41) is 23.2. The van der Waals surface area contributed by atoms with Gasteiger partial charge in [0.05, 0.1) is 12.2 Å². The van der Waals surface area contributed by atoms with Gasteiger partial charge in [0.1, 0.15) is 40.9 Å². The van der Waals surface area contributed by atoms with Crippen LogP contribution < -0.4 is 10.1 Å². The molecule has 3 aromatic rings. The molecule has 0 aliphatic heterocycles. The van der Waals surface area contributed by atoms with Crippen LogP contribution in [0.2, 0.25) is 0 Å². The Labute approximate surface area is 194 Å². The fourth-order valence-electron chi connectivity index (χ4n) is 3.00. The topological polar surface area (TPSA) is 104 Å². The Morgan fingerprint density at radius 2 is 1.85 bits per heavy atom. The first-order chi connectivity index (χ1) is 16.1. The molecule has 2 heterocycles. The van der Waals surface area contributed by atoms with Gasteiger partial charge < -0.3 is 14.8 Å². The van der Waals surface area contributed by atoms with Crippen molar-refractivity contribution >= 4 is 17.6 Å². The van der Waals surface area contributed by atoms with Gasteiger partial charge >= 0.3 is 6.61 Å². The third-order valence-electron chi connectivity index (χ3n) is 4.46. The van der Waals surface area contributed by atoms with Crippen LogP contribution in [0.25, 0.3) is 11.1 Å². The standard InChI is InChI=1S/C23H19F2N5O2S/c1-28-21-18(11-26)20(16-4-6-17(7-5-16)31-9-10-32-23(24)25)19(12-27)22(30-21)33-14-15-3-2-8-29-13-15/h2-8,13,23H,9-10,14H2,1H3,(H,28,30). The van der Waals surface area contributed by atoms with E-state index in [0.29, 0.717) is 39.0 Å². The number of nitrogens with one attached hydrogen (secondary N) is 1. The lowest BCUT2D eigenvalue weighted by atomic mass is 9.96. The van der Waals surface area contributed by atoms with Crippen LogP contribution in [-0.4, -0.2) is 36.8 Å². The fourth-order valence-corrected chi connectivity index (χ4v) is 3.92. The molecular weight excluding hydrogens is 448 g/mol. The monoisotopic (exact) mass is 467 g/mol. The molecule has 0 bridgehead atoms. The van der Waals surface area contributed by atoms with Gasteiger partial charge in [0.2, 0.25) is 0 Å². The zero-order chi connectivity index (χ0) is 23.6. The van der Waals surface area contributed by atoms with Crippen molar-refractivity contribution in [3.05, 3.63) is 65.5 Å². The van der Waals surface area contributed by atoms with Gasteiger partial charge in [-0.25, -0.2) is 4.98 Å². The number of hydrogen-bond donors (Lipinski definition) is 1. The third kappa shape index (κ3) is 6.16. The van der Waals surface area contributed by atoms with Crippen molar-refractivity contribution in [1.82, 2.24) is 9.97 Å². The van der Waals surface area contributed by atoms with Crippen molar-refractivity contribution in [2.24, 2.45) is 0 Å².